The fourth-order valence-electron chi connectivity index (χ4n) is 14.3. The topological polar surface area (TPSA) is 160 Å². The highest BCUT2D eigenvalue weighted by molar-refractivity contribution is 6.04. The van der Waals surface area contributed by atoms with Gasteiger partial charge in [0, 0.05) is 80.9 Å². The highest BCUT2D eigenvalue weighted by atomic mass is 19.1. The van der Waals surface area contributed by atoms with Crippen molar-refractivity contribution in [2.24, 2.45) is 18.9 Å². The maximum Gasteiger partial charge on any atom is 0.409 e. The predicted octanol–water partition coefficient (Wildman–Crippen LogP) is 8.53. The Labute approximate surface area is 456 Å². The number of aryl methyl sites for hydroxylation is 2. The van der Waals surface area contributed by atoms with Crippen LogP contribution in [0, 0.1) is 35.8 Å². The Morgan fingerprint density at radius 2 is 1.81 bits per heavy atom. The molecule has 0 aliphatic carbocycles. The number of piperidine rings is 3. The average Bonchev–Trinajstić information content (AvgIpc) is 4.26. The second kappa shape index (κ2) is 20.9. The zero-order valence-electron chi connectivity index (χ0n) is 44.5. The number of halogens is 3. The number of hydrogen-bond donors (Lipinski definition) is 1. The van der Waals surface area contributed by atoms with Crippen LogP contribution in [0.4, 0.5) is 29.5 Å². The molecule has 16 nitrogen and oxygen atoms in total. The van der Waals surface area contributed by atoms with Crippen molar-refractivity contribution in [1.82, 2.24) is 39.8 Å². The van der Waals surface area contributed by atoms with Crippen LogP contribution < -0.4 is 19.9 Å². The number of terminal acetylenes is 1. The minimum Gasteiger partial charge on any atom is -0.461 e. The van der Waals surface area contributed by atoms with Crippen molar-refractivity contribution in [3.05, 3.63) is 77.1 Å². The lowest BCUT2D eigenvalue weighted by atomic mass is 9.82. The Balaban J connectivity index is 0.638. The number of likely N-dealkylation sites (tertiary alicyclic amines) is 1. The predicted molar refractivity (Wildman–Crippen MR) is 292 cm³/mol. The van der Waals surface area contributed by atoms with Crippen LogP contribution in [0.3, 0.4) is 0 Å². The number of imide groups is 1. The van der Waals surface area contributed by atoms with Crippen LogP contribution in [0.1, 0.15) is 99.9 Å². The first-order valence-electron chi connectivity index (χ1n) is 28.4. The van der Waals surface area contributed by atoms with Crippen molar-refractivity contribution < 1.29 is 41.8 Å². The lowest BCUT2D eigenvalue weighted by Gasteiger charge is -2.39. The number of rotatable bonds is 10. The summed E-state index contributed by atoms with van der Waals surface area (Å²) >= 11 is 0. The number of carbonyl (C=O) groups excluding carboxylic acids is 3. The summed E-state index contributed by atoms with van der Waals surface area (Å²) in [7, 11) is 1.84. The number of nitrogens with one attached hydrogen (secondary N) is 1. The highest BCUT2D eigenvalue weighted by Crippen LogP contribution is 2.45. The Bertz CT molecular complexity index is 3450. The minimum atomic E-state index is -0.992. The number of anilines is 2. The minimum absolute atomic E-state index is 0.00779. The molecular weight excluding hydrogens is 1010 g/mol. The summed E-state index contributed by atoms with van der Waals surface area (Å²) in [5.74, 6) is 1.03. The van der Waals surface area contributed by atoms with Crippen molar-refractivity contribution >= 4 is 62.0 Å². The summed E-state index contributed by atoms with van der Waals surface area (Å²) in [5.41, 5.74) is 3.33. The van der Waals surface area contributed by atoms with Gasteiger partial charge in [0.15, 0.2) is 5.82 Å². The summed E-state index contributed by atoms with van der Waals surface area (Å²) < 4.78 is 69.2. The summed E-state index contributed by atoms with van der Waals surface area (Å²) in [6.07, 6.45) is 13.9. The van der Waals surface area contributed by atoms with Crippen molar-refractivity contribution in [2.75, 3.05) is 75.5 Å². The van der Waals surface area contributed by atoms with Gasteiger partial charge in [0.05, 0.1) is 52.0 Å². The molecular formula is C60H65F3N10O6. The summed E-state index contributed by atoms with van der Waals surface area (Å²) in [4.78, 5) is 61.4. The van der Waals surface area contributed by atoms with Crippen LogP contribution in [0.25, 0.3) is 43.8 Å². The van der Waals surface area contributed by atoms with E-state index in [-0.39, 0.29) is 83.9 Å². The molecule has 6 fully saturated rings. The third kappa shape index (κ3) is 9.35. The number of amides is 3. The molecule has 1 unspecified atom stereocenters. The van der Waals surface area contributed by atoms with Crippen LogP contribution in [0.2, 0.25) is 0 Å². The van der Waals surface area contributed by atoms with Crippen LogP contribution in [-0.2, 0) is 32.5 Å². The van der Waals surface area contributed by atoms with E-state index in [0.717, 1.165) is 87.5 Å². The first-order valence-corrected chi connectivity index (χ1v) is 28.4. The van der Waals surface area contributed by atoms with Gasteiger partial charge in [-0.05, 0) is 125 Å². The molecule has 0 bridgehead atoms. The molecule has 7 aliphatic heterocycles. The molecule has 412 valence electrons. The van der Waals surface area contributed by atoms with Crippen molar-refractivity contribution in [2.45, 2.75) is 113 Å². The molecule has 7 aliphatic rings. The van der Waals surface area contributed by atoms with Gasteiger partial charge in [0.25, 0.3) is 0 Å². The van der Waals surface area contributed by atoms with E-state index in [1.165, 1.54) is 6.07 Å². The van der Waals surface area contributed by atoms with Gasteiger partial charge < -0.3 is 28.9 Å². The van der Waals surface area contributed by atoms with Gasteiger partial charge in [-0.15, -0.1) is 6.42 Å². The molecule has 3 amide bonds. The fourth-order valence-corrected chi connectivity index (χ4v) is 14.3. The Hall–Kier alpha value is -7.04. The van der Waals surface area contributed by atoms with E-state index in [0.29, 0.717) is 104 Å². The van der Waals surface area contributed by atoms with E-state index in [1.807, 2.05) is 31.3 Å². The van der Waals surface area contributed by atoms with Crippen LogP contribution in [0.15, 0.2) is 48.5 Å². The maximum atomic E-state index is 17.5. The second-order valence-electron chi connectivity index (χ2n) is 23.0. The quantitative estimate of drug-likeness (QED) is 0.103. The van der Waals surface area contributed by atoms with E-state index in [2.05, 4.69) is 31.0 Å². The monoisotopic (exact) mass is 1080 g/mol. The van der Waals surface area contributed by atoms with E-state index in [9.17, 15) is 14.4 Å². The molecule has 6 atom stereocenters. The maximum absolute atomic E-state index is 17.5. The molecule has 3 aromatic heterocycles. The van der Waals surface area contributed by atoms with Crippen molar-refractivity contribution in [1.29, 1.82) is 0 Å². The van der Waals surface area contributed by atoms with E-state index >= 15 is 13.2 Å². The Morgan fingerprint density at radius 1 is 0.937 bits per heavy atom. The third-order valence-electron chi connectivity index (χ3n) is 18.5. The molecule has 10 heterocycles. The lowest BCUT2D eigenvalue weighted by Crippen LogP contribution is -2.48. The molecule has 0 saturated carbocycles. The Kier molecular flexibility index (Phi) is 13.6. The van der Waals surface area contributed by atoms with Gasteiger partial charge in [-0.25, -0.2) is 22.9 Å². The van der Waals surface area contributed by atoms with Gasteiger partial charge in [-0.1, -0.05) is 30.2 Å². The SMILES string of the molecule is C#Cc1c(F)ccc2cccc(-c3nc4c5c(nc(OC[C@@]67CCCN6[C@H](COC(=O)N6CCC(C[C@H]8CCN(c9ccc%10c(C%11CCC(=O)NC%11=O)nn(C)c%10c9)C[C@@H]8F)CC6)CC7)nc5c3F)N3CCCOC[C@@H]3CC4)c12. The first-order chi connectivity index (χ1) is 38.4. The summed E-state index contributed by atoms with van der Waals surface area (Å²) in [6, 6.07) is 14.3. The smallest absolute Gasteiger partial charge is 0.409 e. The molecule has 1 N–H and O–H groups in total. The van der Waals surface area contributed by atoms with Crippen LogP contribution >= 0.6 is 0 Å². The molecule has 13 rings (SSSR count). The largest absolute Gasteiger partial charge is 0.461 e. The van der Waals surface area contributed by atoms with Crippen LogP contribution in [-0.4, -0.2) is 142 Å². The van der Waals surface area contributed by atoms with Gasteiger partial charge in [-0.3, -0.25) is 24.5 Å². The number of nitrogens with zero attached hydrogens (tertiary/aromatic N) is 9. The summed E-state index contributed by atoms with van der Waals surface area (Å²) in [5, 5.41) is 9.60. The zero-order valence-corrected chi connectivity index (χ0v) is 44.5. The van der Waals surface area contributed by atoms with E-state index in [4.69, 9.17) is 35.6 Å². The highest BCUT2D eigenvalue weighted by Gasteiger charge is 2.50. The molecule has 0 spiro atoms. The molecule has 6 aromatic rings. The molecule has 19 heteroatoms. The zero-order chi connectivity index (χ0) is 54.1. The van der Waals surface area contributed by atoms with Gasteiger partial charge >= 0.3 is 12.1 Å². The van der Waals surface area contributed by atoms with Crippen LogP contribution in [0.5, 0.6) is 6.01 Å². The average molecular weight is 1080 g/mol. The standard InChI is InChI=1S/C60H65F3N10O6/c1-3-41-45(61)14-9-36-7-4-8-43(50(36)41)54-52(63)55-51-47(64-54)15-11-39-32-77-28-6-23-72(39)56(51)67-58(66-55)79-34-60-21-5-24-73(60)40(17-22-60)33-78-59(76)70-25-18-35(19-26-70)29-37-20-27-71(31-46(37)62)38-10-12-42-48(30-38)69(2)68-53(42)44-13-16-49(74)65-57(44)75/h1,4,7-10,12,14,30,35,37,39-40,44,46H,5-6,11,13,15-29,31-34H2,2H3,(H,65,74,75)/t37-,39+,40+,44?,46+,60+/m1/s1. The Morgan fingerprint density at radius 3 is 2.65 bits per heavy atom. The number of benzene rings is 3. The number of hydrogen-bond acceptors (Lipinski definition) is 13. The number of fused-ring (bicyclic) bond motifs is 5. The number of carbonyl (C=O) groups is 3. The van der Waals surface area contributed by atoms with Gasteiger partial charge in [0.2, 0.25) is 11.8 Å². The van der Waals surface area contributed by atoms with E-state index in [1.54, 1.807) is 27.8 Å². The van der Waals surface area contributed by atoms with Crippen molar-refractivity contribution in [3.8, 4) is 29.6 Å². The molecule has 3 aromatic carbocycles. The van der Waals surface area contributed by atoms with Gasteiger partial charge in [-0.2, -0.15) is 15.1 Å². The second-order valence-corrected chi connectivity index (χ2v) is 23.0. The molecule has 0 radical (unpaired) electrons. The fraction of sp³-hybridized carbons (Fsp3) is 0.517. The van der Waals surface area contributed by atoms with Crippen molar-refractivity contribution in [3.63, 3.8) is 0 Å². The molecule has 79 heavy (non-hydrogen) atoms. The normalized spacial score (nSPS) is 25.8. The third-order valence-corrected chi connectivity index (χ3v) is 18.5. The summed E-state index contributed by atoms with van der Waals surface area (Å²) in [6.45, 7) is 5.31. The number of aromatic nitrogens is 5. The van der Waals surface area contributed by atoms with Gasteiger partial charge in [0.1, 0.15) is 42.2 Å². The van der Waals surface area contributed by atoms with E-state index < -0.39 is 23.7 Å². The number of alkyl halides is 1. The lowest BCUT2D eigenvalue weighted by molar-refractivity contribution is -0.134. The molecule has 6 saturated heterocycles. The first kappa shape index (κ1) is 51.4. The number of pyridine rings is 1. The number of ether oxygens (including phenoxy) is 3.